The maximum absolute atomic E-state index is 12.1. The van der Waals surface area contributed by atoms with Crippen LogP contribution in [0.2, 0.25) is 0 Å². The van der Waals surface area contributed by atoms with Gasteiger partial charge in [-0.3, -0.25) is 14.2 Å². The highest BCUT2D eigenvalue weighted by molar-refractivity contribution is 6.32. The van der Waals surface area contributed by atoms with Crippen LogP contribution in [0, 0.1) is 0 Å². The molecule has 0 amide bonds. The minimum atomic E-state index is -0.172. The molecular weight excluding hydrogens is 204 g/mol. The number of hydrogen-bond acceptors (Lipinski definition) is 3. The van der Waals surface area contributed by atoms with Crippen LogP contribution in [-0.2, 0) is 0 Å². The van der Waals surface area contributed by atoms with Gasteiger partial charge < -0.3 is 4.90 Å². The number of fused-ring (bicyclic) bond motifs is 1. The lowest BCUT2D eigenvalue weighted by Gasteiger charge is -2.13. The summed E-state index contributed by atoms with van der Waals surface area (Å²) in [6.45, 7) is 0.925. The van der Waals surface area contributed by atoms with Crippen molar-refractivity contribution in [2.24, 2.45) is 0 Å². The molecule has 1 aromatic rings. The zero-order valence-corrected chi connectivity index (χ0v) is 9.06. The van der Waals surface area contributed by atoms with E-state index < -0.39 is 0 Å². The fraction of sp³-hybridized carbons (Fsp3) is 0.333. The number of likely N-dealkylation sites (tertiary alicyclic amines) is 1. The second-order valence-electron chi connectivity index (χ2n) is 4.24. The summed E-state index contributed by atoms with van der Waals surface area (Å²) < 4.78 is 1.44. The minimum absolute atomic E-state index is 0.126. The first kappa shape index (κ1) is 9.39. The molecular formula is C12H12N2O2. The number of Topliss-reactive ketones (excluding diaryl/α,β-unsaturated/α-hetero) is 1. The summed E-state index contributed by atoms with van der Waals surface area (Å²) in [5.74, 6) is -0.299. The molecule has 2 aliphatic rings. The van der Waals surface area contributed by atoms with Gasteiger partial charge in [-0.05, 0) is 25.0 Å². The summed E-state index contributed by atoms with van der Waals surface area (Å²) in [5, 5.41) is 0. The normalized spacial score (nSPS) is 24.4. The number of ketones is 1. The Morgan fingerprint density at radius 2 is 2.12 bits per heavy atom. The lowest BCUT2D eigenvalue weighted by Crippen LogP contribution is -2.17. The van der Waals surface area contributed by atoms with Crippen LogP contribution in [0.1, 0.15) is 28.1 Å². The number of carbonyl (C=O) groups excluding carboxylic acids is 2. The van der Waals surface area contributed by atoms with Crippen molar-refractivity contribution in [2.75, 3.05) is 13.6 Å². The molecule has 2 aliphatic heterocycles. The highest BCUT2D eigenvalue weighted by Crippen LogP contribution is 2.29. The smallest absolute Gasteiger partial charge is 0.268 e. The molecule has 4 heteroatoms. The first-order valence-electron chi connectivity index (χ1n) is 5.41. The topological polar surface area (TPSA) is 42.3 Å². The maximum Gasteiger partial charge on any atom is 0.268 e. The van der Waals surface area contributed by atoms with Crippen LogP contribution in [-0.4, -0.2) is 34.7 Å². The fourth-order valence-electron chi connectivity index (χ4n) is 2.47. The zero-order valence-electron chi connectivity index (χ0n) is 9.06. The van der Waals surface area contributed by atoms with Gasteiger partial charge in [-0.1, -0.05) is 0 Å². The molecule has 1 fully saturated rings. The van der Waals surface area contributed by atoms with Gasteiger partial charge in [0.1, 0.15) is 5.57 Å². The van der Waals surface area contributed by atoms with Gasteiger partial charge in [0.25, 0.3) is 5.91 Å². The van der Waals surface area contributed by atoms with Crippen molar-refractivity contribution in [1.29, 1.82) is 0 Å². The van der Waals surface area contributed by atoms with E-state index in [1.807, 2.05) is 11.9 Å². The molecule has 0 N–H and O–H groups in total. The van der Waals surface area contributed by atoms with Gasteiger partial charge in [0, 0.05) is 25.5 Å². The highest BCUT2D eigenvalue weighted by Gasteiger charge is 2.36. The lowest BCUT2D eigenvalue weighted by atomic mass is 10.1. The Balaban J connectivity index is 2.17. The summed E-state index contributed by atoms with van der Waals surface area (Å²) in [5.41, 5.74) is 1.77. The van der Waals surface area contributed by atoms with E-state index in [9.17, 15) is 9.59 Å². The van der Waals surface area contributed by atoms with Gasteiger partial charge in [0.15, 0.2) is 0 Å². The molecule has 0 aromatic carbocycles. The fourth-order valence-corrected chi connectivity index (χ4v) is 2.47. The Hall–Kier alpha value is -1.84. The van der Waals surface area contributed by atoms with E-state index in [2.05, 4.69) is 0 Å². The van der Waals surface area contributed by atoms with E-state index in [0.717, 1.165) is 25.1 Å². The summed E-state index contributed by atoms with van der Waals surface area (Å²) in [7, 11) is 1.93. The molecule has 0 aliphatic carbocycles. The highest BCUT2D eigenvalue weighted by atomic mass is 16.2. The second-order valence-corrected chi connectivity index (χ2v) is 4.24. The molecule has 16 heavy (non-hydrogen) atoms. The van der Waals surface area contributed by atoms with Crippen LogP contribution in [0.25, 0.3) is 0 Å². The van der Waals surface area contributed by atoms with E-state index >= 15 is 0 Å². The third-order valence-corrected chi connectivity index (χ3v) is 3.30. The Bertz CT molecular complexity index is 492. The van der Waals surface area contributed by atoms with Gasteiger partial charge in [0.2, 0.25) is 5.78 Å². The van der Waals surface area contributed by atoms with Crippen molar-refractivity contribution >= 4 is 11.7 Å². The summed E-state index contributed by atoms with van der Waals surface area (Å²) in [4.78, 5) is 26.1. The number of rotatable bonds is 0. The average molecular weight is 216 g/mol. The van der Waals surface area contributed by atoms with Crippen molar-refractivity contribution in [3.05, 3.63) is 35.3 Å². The van der Waals surface area contributed by atoms with Gasteiger partial charge in [0.05, 0.1) is 5.69 Å². The molecule has 3 rings (SSSR count). The predicted molar refractivity (Wildman–Crippen MR) is 58.3 cm³/mol. The van der Waals surface area contributed by atoms with E-state index in [1.165, 1.54) is 4.57 Å². The van der Waals surface area contributed by atoms with Gasteiger partial charge in [-0.15, -0.1) is 0 Å². The summed E-state index contributed by atoms with van der Waals surface area (Å²) >= 11 is 0. The Morgan fingerprint density at radius 1 is 1.31 bits per heavy atom. The standard InChI is InChI=1S/C12H12N2O2/c1-13-6-2-4-8(13)10-11(15)9-5-3-7-14(9)12(10)16/h3,5,7H,2,4,6H2,1H3/b10-8-. The van der Waals surface area contributed by atoms with E-state index in [1.54, 1.807) is 18.3 Å². The molecule has 3 heterocycles. The minimum Gasteiger partial charge on any atom is -0.377 e. The van der Waals surface area contributed by atoms with Crippen LogP contribution in [0.4, 0.5) is 0 Å². The lowest BCUT2D eigenvalue weighted by molar-refractivity contribution is 0.0948. The molecule has 82 valence electrons. The molecule has 0 radical (unpaired) electrons. The van der Waals surface area contributed by atoms with Crippen LogP contribution >= 0.6 is 0 Å². The van der Waals surface area contributed by atoms with Crippen molar-refractivity contribution in [1.82, 2.24) is 9.47 Å². The summed E-state index contributed by atoms with van der Waals surface area (Å²) in [6, 6.07) is 3.42. The van der Waals surface area contributed by atoms with E-state index in [4.69, 9.17) is 0 Å². The van der Waals surface area contributed by atoms with Crippen LogP contribution in [0.3, 0.4) is 0 Å². The molecule has 1 saturated heterocycles. The number of allylic oxidation sites excluding steroid dienone is 2. The molecule has 4 nitrogen and oxygen atoms in total. The van der Waals surface area contributed by atoms with Crippen molar-refractivity contribution < 1.29 is 9.59 Å². The molecule has 0 bridgehead atoms. The number of aromatic nitrogens is 1. The SMILES string of the molecule is CN1CCC/C1=C1\C(=O)c2cccn2C1=O. The van der Waals surface area contributed by atoms with E-state index in [-0.39, 0.29) is 11.7 Å². The molecule has 0 atom stereocenters. The molecule has 1 aromatic heterocycles. The Labute approximate surface area is 93.2 Å². The van der Waals surface area contributed by atoms with Crippen LogP contribution in [0.5, 0.6) is 0 Å². The average Bonchev–Trinajstić information content (AvgIpc) is 2.90. The quantitative estimate of drug-likeness (QED) is 0.485. The number of carbonyl (C=O) groups is 2. The van der Waals surface area contributed by atoms with Crippen molar-refractivity contribution in [2.45, 2.75) is 12.8 Å². The predicted octanol–water partition coefficient (Wildman–Crippen LogP) is 1.30. The summed E-state index contributed by atoms with van der Waals surface area (Å²) in [6.07, 6.45) is 3.50. The monoisotopic (exact) mass is 216 g/mol. The first-order chi connectivity index (χ1) is 7.70. The number of hydrogen-bond donors (Lipinski definition) is 0. The van der Waals surface area contributed by atoms with Crippen LogP contribution in [0.15, 0.2) is 29.6 Å². The third-order valence-electron chi connectivity index (χ3n) is 3.30. The first-order valence-corrected chi connectivity index (χ1v) is 5.41. The largest absolute Gasteiger partial charge is 0.377 e. The maximum atomic E-state index is 12.1. The molecule has 0 spiro atoms. The van der Waals surface area contributed by atoms with E-state index in [0.29, 0.717) is 11.3 Å². The van der Waals surface area contributed by atoms with Gasteiger partial charge in [-0.25, -0.2) is 0 Å². The van der Waals surface area contributed by atoms with Crippen molar-refractivity contribution in [3.8, 4) is 0 Å². The van der Waals surface area contributed by atoms with Gasteiger partial charge in [-0.2, -0.15) is 0 Å². The molecule has 0 unspecified atom stereocenters. The number of nitrogens with zero attached hydrogens (tertiary/aromatic N) is 2. The van der Waals surface area contributed by atoms with Crippen molar-refractivity contribution in [3.63, 3.8) is 0 Å². The van der Waals surface area contributed by atoms with Gasteiger partial charge >= 0.3 is 0 Å². The zero-order chi connectivity index (χ0) is 11.3. The third kappa shape index (κ3) is 1.04. The Kier molecular flexibility index (Phi) is 1.80. The Morgan fingerprint density at radius 3 is 2.75 bits per heavy atom. The van der Waals surface area contributed by atoms with Crippen LogP contribution < -0.4 is 0 Å². The second kappa shape index (κ2) is 3.07. The molecule has 0 saturated carbocycles.